The molecule has 0 spiro atoms. The van der Waals surface area contributed by atoms with E-state index >= 15 is 0 Å². The van der Waals surface area contributed by atoms with Crippen molar-refractivity contribution in [3.63, 3.8) is 0 Å². The van der Waals surface area contributed by atoms with Crippen LogP contribution in [0.5, 0.6) is 0 Å². The molecule has 0 radical (unpaired) electrons. The lowest BCUT2D eigenvalue weighted by molar-refractivity contribution is 0.306. The number of piperazine rings is 1. The van der Waals surface area contributed by atoms with E-state index in [0.29, 0.717) is 17.5 Å². The Kier molecular flexibility index (Phi) is 4.04. The number of hydrogen-bond donors (Lipinski definition) is 0. The number of rotatable bonds is 3. The summed E-state index contributed by atoms with van der Waals surface area (Å²) in [6, 6.07) is 6.15. The second kappa shape index (κ2) is 6.12. The topological polar surface area (TPSA) is 56.3 Å². The first kappa shape index (κ1) is 13.9. The second-order valence-corrected chi connectivity index (χ2v) is 5.94. The zero-order chi connectivity index (χ0) is 14.7. The van der Waals surface area contributed by atoms with E-state index in [2.05, 4.69) is 27.9 Å². The third kappa shape index (κ3) is 3.15. The van der Waals surface area contributed by atoms with Gasteiger partial charge in [-0.3, -0.25) is 0 Å². The minimum Gasteiger partial charge on any atom is -0.420 e. The van der Waals surface area contributed by atoms with Crippen LogP contribution in [0.2, 0.25) is 0 Å². The zero-order valence-corrected chi connectivity index (χ0v) is 12.6. The number of thiophene rings is 1. The number of hydrogen-bond acceptors (Lipinski definition) is 6. The lowest BCUT2D eigenvalue weighted by Gasteiger charge is -2.31. The van der Waals surface area contributed by atoms with Crippen molar-refractivity contribution in [2.45, 2.75) is 0 Å². The van der Waals surface area contributed by atoms with Gasteiger partial charge in [0.05, 0.1) is 0 Å². The molecule has 2 aromatic heterocycles. The van der Waals surface area contributed by atoms with Crippen LogP contribution in [0.25, 0.3) is 12.2 Å². The third-order valence-electron chi connectivity index (χ3n) is 3.46. The first-order valence-electron chi connectivity index (χ1n) is 6.82. The molecule has 1 aliphatic heterocycles. The summed E-state index contributed by atoms with van der Waals surface area (Å²) in [6.07, 6.45) is 3.76. The van der Waals surface area contributed by atoms with Crippen LogP contribution in [0.1, 0.15) is 16.5 Å². The molecule has 21 heavy (non-hydrogen) atoms. The van der Waals surface area contributed by atoms with E-state index in [1.54, 1.807) is 11.3 Å². The van der Waals surface area contributed by atoms with Crippen LogP contribution in [-0.4, -0.2) is 43.1 Å². The minimum absolute atomic E-state index is 0.366. The van der Waals surface area contributed by atoms with Gasteiger partial charge >= 0.3 is 0 Å². The summed E-state index contributed by atoms with van der Waals surface area (Å²) in [4.78, 5) is 9.74. The Morgan fingerprint density at radius 2 is 2.14 bits per heavy atom. The monoisotopic (exact) mass is 300 g/mol. The van der Waals surface area contributed by atoms with Crippen LogP contribution in [0, 0.1) is 11.3 Å². The molecule has 0 saturated carbocycles. The maximum atomic E-state index is 9.23. The Hall–Kier alpha value is -2.10. The molecule has 0 atom stereocenters. The normalized spacial score (nSPS) is 16.5. The fourth-order valence-corrected chi connectivity index (χ4v) is 2.85. The number of oxazole rings is 1. The second-order valence-electron chi connectivity index (χ2n) is 4.96. The van der Waals surface area contributed by atoms with E-state index in [4.69, 9.17) is 4.42 Å². The third-order valence-corrected chi connectivity index (χ3v) is 4.29. The highest BCUT2D eigenvalue weighted by atomic mass is 32.1. The number of likely N-dealkylation sites (N-methyl/N-ethyl adjacent to an activating group) is 1. The van der Waals surface area contributed by atoms with Gasteiger partial charge in [-0.1, -0.05) is 6.07 Å². The Bertz CT molecular complexity index is 660. The number of nitrogens with zero attached hydrogens (tertiary/aromatic N) is 4. The number of nitriles is 1. The predicted octanol–water partition coefficient (Wildman–Crippen LogP) is 2.53. The molecular weight excluding hydrogens is 284 g/mol. The average Bonchev–Trinajstić information content (AvgIpc) is 3.15. The Morgan fingerprint density at radius 1 is 1.33 bits per heavy atom. The van der Waals surface area contributed by atoms with Gasteiger partial charge in [0, 0.05) is 37.1 Å². The van der Waals surface area contributed by atoms with Crippen molar-refractivity contribution < 1.29 is 4.42 Å². The van der Waals surface area contributed by atoms with Gasteiger partial charge in [-0.2, -0.15) is 10.2 Å². The van der Waals surface area contributed by atoms with Gasteiger partial charge in [0.25, 0.3) is 0 Å². The summed E-state index contributed by atoms with van der Waals surface area (Å²) in [6.45, 7) is 3.64. The lowest BCUT2D eigenvalue weighted by atomic mass is 10.3. The zero-order valence-electron chi connectivity index (χ0n) is 11.8. The average molecular weight is 300 g/mol. The van der Waals surface area contributed by atoms with E-state index < -0.39 is 0 Å². The van der Waals surface area contributed by atoms with Gasteiger partial charge in [-0.15, -0.1) is 11.3 Å². The van der Waals surface area contributed by atoms with Crippen molar-refractivity contribution in [2.75, 3.05) is 38.1 Å². The highest BCUT2D eigenvalue weighted by Crippen LogP contribution is 2.24. The van der Waals surface area contributed by atoms with Gasteiger partial charge in [-0.25, -0.2) is 0 Å². The minimum atomic E-state index is 0.366. The maximum Gasteiger partial charge on any atom is 0.235 e. The number of aromatic nitrogens is 1. The molecule has 1 saturated heterocycles. The molecule has 3 rings (SSSR count). The summed E-state index contributed by atoms with van der Waals surface area (Å²) in [5.41, 5.74) is 0.366. The van der Waals surface area contributed by atoms with Crippen molar-refractivity contribution in [1.82, 2.24) is 9.88 Å². The molecule has 5 nitrogen and oxygen atoms in total. The molecule has 108 valence electrons. The van der Waals surface area contributed by atoms with Crippen LogP contribution in [0.4, 0.5) is 5.88 Å². The molecule has 1 aliphatic rings. The van der Waals surface area contributed by atoms with Crippen molar-refractivity contribution >= 4 is 29.4 Å². The Morgan fingerprint density at radius 3 is 2.81 bits per heavy atom. The van der Waals surface area contributed by atoms with E-state index in [-0.39, 0.29) is 0 Å². The van der Waals surface area contributed by atoms with Crippen molar-refractivity contribution in [2.24, 2.45) is 0 Å². The molecule has 1 fully saturated rings. The van der Waals surface area contributed by atoms with Crippen LogP contribution < -0.4 is 4.90 Å². The summed E-state index contributed by atoms with van der Waals surface area (Å²) in [7, 11) is 2.10. The summed E-state index contributed by atoms with van der Waals surface area (Å²) in [5.74, 6) is 1.07. The predicted molar refractivity (Wildman–Crippen MR) is 84.2 cm³/mol. The van der Waals surface area contributed by atoms with Crippen LogP contribution >= 0.6 is 11.3 Å². The molecule has 0 aliphatic carbocycles. The molecule has 2 aromatic rings. The van der Waals surface area contributed by atoms with Gasteiger partial charge in [-0.05, 0) is 24.6 Å². The number of anilines is 1. The molecule has 0 N–H and O–H groups in total. The van der Waals surface area contributed by atoms with Crippen molar-refractivity contribution in [3.05, 3.63) is 34.0 Å². The summed E-state index contributed by atoms with van der Waals surface area (Å²) in [5, 5.41) is 11.3. The SMILES string of the molecule is CN1CCN(c2oc(C=Cc3cccs3)nc2C#N)CC1. The van der Waals surface area contributed by atoms with E-state index in [9.17, 15) is 5.26 Å². The molecule has 6 heteroatoms. The Balaban J connectivity index is 1.80. The lowest BCUT2D eigenvalue weighted by Crippen LogP contribution is -2.44. The molecule has 0 amide bonds. The molecular formula is C15H16N4OS. The molecule has 0 unspecified atom stereocenters. The smallest absolute Gasteiger partial charge is 0.235 e. The van der Waals surface area contributed by atoms with E-state index in [1.807, 2.05) is 29.7 Å². The standard InChI is InChI=1S/C15H16N4OS/c1-18-6-8-19(9-7-18)15-13(11-16)17-14(20-15)5-4-12-3-2-10-21-12/h2-5,10H,6-9H2,1H3. The van der Waals surface area contributed by atoms with Gasteiger partial charge < -0.3 is 14.2 Å². The van der Waals surface area contributed by atoms with Gasteiger partial charge in [0.15, 0.2) is 0 Å². The van der Waals surface area contributed by atoms with Gasteiger partial charge in [0.2, 0.25) is 17.5 Å². The molecule has 0 bridgehead atoms. The van der Waals surface area contributed by atoms with Crippen molar-refractivity contribution in [1.29, 1.82) is 5.26 Å². The van der Waals surface area contributed by atoms with Gasteiger partial charge in [0.1, 0.15) is 6.07 Å². The first-order chi connectivity index (χ1) is 10.3. The Labute approximate surface area is 127 Å². The quantitative estimate of drug-likeness (QED) is 0.872. The van der Waals surface area contributed by atoms with Crippen LogP contribution in [0.15, 0.2) is 21.9 Å². The highest BCUT2D eigenvalue weighted by molar-refractivity contribution is 7.10. The first-order valence-corrected chi connectivity index (χ1v) is 7.70. The summed E-state index contributed by atoms with van der Waals surface area (Å²) >= 11 is 1.65. The van der Waals surface area contributed by atoms with Crippen molar-refractivity contribution in [3.8, 4) is 6.07 Å². The fraction of sp³-hybridized carbons (Fsp3) is 0.333. The van der Waals surface area contributed by atoms with E-state index in [1.165, 1.54) is 0 Å². The highest BCUT2D eigenvalue weighted by Gasteiger charge is 2.22. The van der Waals surface area contributed by atoms with Crippen LogP contribution in [0.3, 0.4) is 0 Å². The fourth-order valence-electron chi connectivity index (χ4n) is 2.24. The van der Waals surface area contributed by atoms with E-state index in [0.717, 1.165) is 31.1 Å². The molecule has 3 heterocycles. The maximum absolute atomic E-state index is 9.23. The molecule has 0 aromatic carbocycles. The summed E-state index contributed by atoms with van der Waals surface area (Å²) < 4.78 is 5.77. The largest absolute Gasteiger partial charge is 0.420 e. The van der Waals surface area contributed by atoms with Crippen LogP contribution in [-0.2, 0) is 0 Å².